The molecule has 7 heteroatoms. The Bertz CT molecular complexity index is 1020. The van der Waals surface area contributed by atoms with Gasteiger partial charge in [0, 0.05) is 11.4 Å². The van der Waals surface area contributed by atoms with E-state index in [1.165, 1.54) is 7.11 Å². The SMILES string of the molecule is COC(=O)c1ccc2cc1CCc1cccc(c1)Nc1ncc(Cl)c(n1)N2. The molecule has 4 rings (SSSR count). The Morgan fingerprint density at radius 1 is 1.11 bits per heavy atom. The number of hydrogen-bond donors (Lipinski definition) is 2. The van der Waals surface area contributed by atoms with E-state index >= 15 is 0 Å². The summed E-state index contributed by atoms with van der Waals surface area (Å²) in [5, 5.41) is 6.81. The van der Waals surface area contributed by atoms with Crippen LogP contribution in [0.4, 0.5) is 23.1 Å². The minimum absolute atomic E-state index is 0.348. The molecular formula is C20H17ClN4O2. The maximum atomic E-state index is 12.1. The molecule has 0 fully saturated rings. The summed E-state index contributed by atoms with van der Waals surface area (Å²) in [6, 6.07) is 13.5. The lowest BCUT2D eigenvalue weighted by Crippen LogP contribution is -2.07. The van der Waals surface area contributed by atoms with Gasteiger partial charge in [-0.2, -0.15) is 4.98 Å². The van der Waals surface area contributed by atoms with Crippen LogP contribution in [0.15, 0.2) is 48.7 Å². The van der Waals surface area contributed by atoms with E-state index in [0.717, 1.165) is 28.9 Å². The molecular weight excluding hydrogens is 364 g/mol. The second-order valence-electron chi connectivity index (χ2n) is 6.20. The number of ether oxygens (including phenoxy) is 1. The molecule has 1 aromatic heterocycles. The van der Waals surface area contributed by atoms with Gasteiger partial charge in [0.1, 0.15) is 5.02 Å². The van der Waals surface area contributed by atoms with Crippen molar-refractivity contribution >= 4 is 40.7 Å². The Balaban J connectivity index is 1.84. The van der Waals surface area contributed by atoms with Crippen LogP contribution < -0.4 is 10.6 Å². The third-order valence-electron chi connectivity index (χ3n) is 4.38. The summed E-state index contributed by atoms with van der Waals surface area (Å²) in [6.07, 6.45) is 3.02. The van der Waals surface area contributed by atoms with E-state index in [-0.39, 0.29) is 5.97 Å². The predicted octanol–water partition coefficient (Wildman–Crippen LogP) is 4.50. The Morgan fingerprint density at radius 3 is 2.81 bits per heavy atom. The van der Waals surface area contributed by atoms with Gasteiger partial charge in [0.2, 0.25) is 5.95 Å². The zero-order chi connectivity index (χ0) is 18.8. The fourth-order valence-electron chi connectivity index (χ4n) is 3.05. The number of hydrogen-bond acceptors (Lipinski definition) is 6. The van der Waals surface area contributed by atoms with Gasteiger partial charge in [-0.1, -0.05) is 23.7 Å². The van der Waals surface area contributed by atoms with Crippen molar-refractivity contribution < 1.29 is 9.53 Å². The van der Waals surface area contributed by atoms with Crippen LogP contribution in [0.3, 0.4) is 0 Å². The van der Waals surface area contributed by atoms with Crippen LogP contribution in [0.5, 0.6) is 0 Å². The number of benzene rings is 2. The zero-order valence-corrected chi connectivity index (χ0v) is 15.4. The molecule has 0 saturated carbocycles. The lowest BCUT2D eigenvalue weighted by Gasteiger charge is -2.12. The second kappa shape index (κ2) is 7.25. The van der Waals surface area contributed by atoms with Crippen molar-refractivity contribution in [3.05, 3.63) is 70.4 Å². The van der Waals surface area contributed by atoms with Gasteiger partial charge in [-0.05, 0) is 54.3 Å². The predicted molar refractivity (Wildman–Crippen MR) is 105 cm³/mol. The Labute approximate surface area is 161 Å². The van der Waals surface area contributed by atoms with Crippen molar-refractivity contribution in [3.8, 4) is 0 Å². The van der Waals surface area contributed by atoms with Gasteiger partial charge >= 0.3 is 5.97 Å². The van der Waals surface area contributed by atoms with Crippen molar-refractivity contribution in [2.24, 2.45) is 0 Å². The number of carbonyl (C=O) groups is 1. The quantitative estimate of drug-likeness (QED) is 0.605. The summed E-state index contributed by atoms with van der Waals surface area (Å²) in [4.78, 5) is 20.8. The van der Waals surface area contributed by atoms with E-state index in [1.807, 2.05) is 24.3 Å². The molecule has 0 saturated heterocycles. The first-order valence-electron chi connectivity index (χ1n) is 8.49. The van der Waals surface area contributed by atoms with Crippen LogP contribution in [-0.4, -0.2) is 23.0 Å². The number of nitrogens with one attached hydrogen (secondary N) is 2. The molecule has 0 radical (unpaired) electrons. The fraction of sp³-hybridized carbons (Fsp3) is 0.150. The third-order valence-corrected chi connectivity index (χ3v) is 4.66. The van der Waals surface area contributed by atoms with Crippen LogP contribution in [0.1, 0.15) is 21.5 Å². The number of aromatic nitrogens is 2. The van der Waals surface area contributed by atoms with Gasteiger partial charge in [-0.25, -0.2) is 9.78 Å². The zero-order valence-electron chi connectivity index (χ0n) is 14.6. The van der Waals surface area contributed by atoms with E-state index in [9.17, 15) is 4.79 Å². The molecule has 27 heavy (non-hydrogen) atoms. The summed E-state index contributed by atoms with van der Waals surface area (Å²) in [7, 11) is 1.39. The molecule has 6 nitrogen and oxygen atoms in total. The molecule has 0 amide bonds. The van der Waals surface area contributed by atoms with E-state index in [1.54, 1.807) is 18.3 Å². The van der Waals surface area contributed by atoms with Crippen molar-refractivity contribution in [2.75, 3.05) is 17.7 Å². The average molecular weight is 381 g/mol. The summed E-state index contributed by atoms with van der Waals surface area (Å²) >= 11 is 6.25. The van der Waals surface area contributed by atoms with E-state index in [0.29, 0.717) is 28.8 Å². The number of anilines is 4. The summed E-state index contributed by atoms with van der Waals surface area (Å²) in [6.45, 7) is 0. The van der Waals surface area contributed by atoms with Crippen molar-refractivity contribution in [3.63, 3.8) is 0 Å². The number of esters is 1. The van der Waals surface area contributed by atoms with E-state index in [4.69, 9.17) is 16.3 Å². The number of nitrogens with zero attached hydrogens (tertiary/aromatic N) is 2. The standard InChI is InChI=1S/C20H17ClN4O2/c1-27-19(26)16-8-7-15-10-13(16)6-5-12-3-2-4-14(9-12)24-20-22-11-17(21)18(23-15)25-20/h2-4,7-11H,5-6H2,1H3,(H2,22,23,24,25). The van der Waals surface area contributed by atoms with Crippen molar-refractivity contribution in [2.45, 2.75) is 12.8 Å². The molecule has 0 aliphatic carbocycles. The van der Waals surface area contributed by atoms with Crippen LogP contribution >= 0.6 is 11.6 Å². The molecule has 136 valence electrons. The van der Waals surface area contributed by atoms with Crippen molar-refractivity contribution in [1.29, 1.82) is 0 Å². The molecule has 1 aliphatic rings. The third kappa shape index (κ3) is 3.71. The number of carbonyl (C=O) groups excluding carboxylic acids is 1. The topological polar surface area (TPSA) is 76.1 Å². The van der Waals surface area contributed by atoms with Gasteiger partial charge < -0.3 is 15.4 Å². The smallest absolute Gasteiger partial charge is 0.338 e. The van der Waals surface area contributed by atoms with Gasteiger partial charge in [0.15, 0.2) is 5.82 Å². The van der Waals surface area contributed by atoms with Crippen LogP contribution in [0.25, 0.3) is 0 Å². The Morgan fingerprint density at radius 2 is 1.96 bits per heavy atom. The summed E-state index contributed by atoms with van der Waals surface area (Å²) in [5.74, 6) is 0.588. The molecule has 6 bridgehead atoms. The monoisotopic (exact) mass is 380 g/mol. The molecule has 1 aliphatic heterocycles. The maximum Gasteiger partial charge on any atom is 0.338 e. The number of methoxy groups -OCH3 is 1. The molecule has 0 atom stereocenters. The molecule has 3 aromatic rings. The minimum atomic E-state index is -0.348. The molecule has 0 unspecified atom stereocenters. The van der Waals surface area contributed by atoms with E-state index in [2.05, 4.69) is 26.7 Å². The normalized spacial score (nSPS) is 12.5. The highest BCUT2D eigenvalue weighted by molar-refractivity contribution is 6.32. The van der Waals surface area contributed by atoms with Crippen molar-refractivity contribution in [1.82, 2.24) is 9.97 Å². The highest BCUT2D eigenvalue weighted by atomic mass is 35.5. The molecule has 2 N–H and O–H groups in total. The number of fused-ring (bicyclic) bond motifs is 6. The van der Waals surface area contributed by atoms with Crippen LogP contribution in [0.2, 0.25) is 5.02 Å². The largest absolute Gasteiger partial charge is 0.465 e. The van der Waals surface area contributed by atoms with E-state index < -0.39 is 0 Å². The molecule has 0 spiro atoms. The average Bonchev–Trinajstić information content (AvgIpc) is 2.68. The number of halogens is 1. The Hall–Kier alpha value is -3.12. The fourth-order valence-corrected chi connectivity index (χ4v) is 3.19. The lowest BCUT2D eigenvalue weighted by atomic mass is 9.98. The van der Waals surface area contributed by atoms with Gasteiger partial charge in [-0.3, -0.25) is 0 Å². The second-order valence-corrected chi connectivity index (χ2v) is 6.61. The summed E-state index contributed by atoms with van der Waals surface area (Å²) in [5.41, 5.74) is 4.27. The van der Waals surface area contributed by atoms with Gasteiger partial charge in [-0.15, -0.1) is 0 Å². The Kier molecular flexibility index (Phi) is 4.64. The van der Waals surface area contributed by atoms with Crippen LogP contribution in [0, 0.1) is 0 Å². The first-order valence-corrected chi connectivity index (χ1v) is 8.87. The number of aryl methyl sites for hydroxylation is 2. The number of rotatable bonds is 1. The van der Waals surface area contributed by atoms with Crippen LogP contribution in [-0.2, 0) is 17.6 Å². The molecule has 2 heterocycles. The van der Waals surface area contributed by atoms with Gasteiger partial charge in [0.05, 0.1) is 18.9 Å². The van der Waals surface area contributed by atoms with Gasteiger partial charge in [0.25, 0.3) is 0 Å². The summed E-state index contributed by atoms with van der Waals surface area (Å²) < 4.78 is 4.92. The first kappa shape index (κ1) is 17.3. The lowest BCUT2D eigenvalue weighted by molar-refractivity contribution is 0.0599. The highest BCUT2D eigenvalue weighted by Crippen LogP contribution is 2.28. The maximum absolute atomic E-state index is 12.1. The minimum Gasteiger partial charge on any atom is -0.465 e. The molecule has 2 aromatic carbocycles. The highest BCUT2D eigenvalue weighted by Gasteiger charge is 2.15. The first-order chi connectivity index (χ1) is 13.1.